The maximum Gasteiger partial charge on any atom is 0.305 e. The Balaban J connectivity index is 1.33. The van der Waals surface area contributed by atoms with E-state index in [2.05, 4.69) is 19.2 Å². The minimum atomic E-state index is -0.103. The van der Waals surface area contributed by atoms with Crippen molar-refractivity contribution in [3.05, 3.63) is 0 Å². The highest BCUT2D eigenvalue weighted by molar-refractivity contribution is 5.69. The van der Waals surface area contributed by atoms with Crippen LogP contribution in [-0.4, -0.2) is 49.6 Å². The highest BCUT2D eigenvalue weighted by atomic mass is 16.5. The van der Waals surface area contributed by atoms with Gasteiger partial charge in [0.25, 0.3) is 0 Å². The van der Waals surface area contributed by atoms with Crippen molar-refractivity contribution in [3.63, 3.8) is 0 Å². The van der Waals surface area contributed by atoms with Crippen molar-refractivity contribution in [1.29, 1.82) is 0 Å². The van der Waals surface area contributed by atoms with E-state index in [0.717, 1.165) is 36.6 Å². The Bertz CT molecular complexity index is 684. The van der Waals surface area contributed by atoms with Crippen LogP contribution >= 0.6 is 0 Å². The molecular weight excluding hydrogens is 390 g/mol. The second-order valence-corrected chi connectivity index (χ2v) is 11.9. The normalized spacial score (nSPS) is 50.5. The summed E-state index contributed by atoms with van der Waals surface area (Å²) in [5.41, 5.74) is 0.748. The molecule has 1 aliphatic heterocycles. The fraction of sp³-hybridized carbons (Fsp3) is 0.962. The zero-order valence-electron chi connectivity index (χ0n) is 19.8. The topological polar surface area (TPSA) is 67.8 Å². The van der Waals surface area contributed by atoms with Crippen LogP contribution in [-0.2, 0) is 14.3 Å². The average molecular weight is 434 g/mol. The monoisotopic (exact) mass is 433 g/mol. The number of hydrogen-bond donors (Lipinski definition) is 2. The van der Waals surface area contributed by atoms with E-state index in [9.17, 15) is 9.90 Å². The van der Waals surface area contributed by atoms with Crippen molar-refractivity contribution in [2.24, 2.45) is 40.4 Å². The van der Waals surface area contributed by atoms with Gasteiger partial charge in [0, 0.05) is 24.4 Å². The first-order valence-corrected chi connectivity index (χ1v) is 13.0. The molecule has 4 saturated carbocycles. The van der Waals surface area contributed by atoms with Crippen molar-refractivity contribution in [3.8, 4) is 0 Å². The van der Waals surface area contributed by atoms with E-state index in [4.69, 9.17) is 9.47 Å². The van der Waals surface area contributed by atoms with E-state index in [-0.39, 0.29) is 18.7 Å². The molecule has 5 heteroatoms. The van der Waals surface area contributed by atoms with Gasteiger partial charge in [-0.15, -0.1) is 0 Å². The van der Waals surface area contributed by atoms with Crippen molar-refractivity contribution < 1.29 is 19.4 Å². The van der Waals surface area contributed by atoms with Crippen LogP contribution in [0.1, 0.15) is 78.1 Å². The number of esters is 1. The molecule has 0 radical (unpaired) electrons. The maximum atomic E-state index is 11.8. The zero-order chi connectivity index (χ0) is 21.8. The number of hydrogen-bond acceptors (Lipinski definition) is 5. The molecule has 0 bridgehead atoms. The molecule has 5 rings (SSSR count). The first-order chi connectivity index (χ1) is 14.9. The van der Waals surface area contributed by atoms with E-state index in [1.165, 1.54) is 58.5 Å². The molecule has 176 valence electrons. The van der Waals surface area contributed by atoms with Gasteiger partial charge in [0.15, 0.2) is 0 Å². The van der Waals surface area contributed by atoms with Gasteiger partial charge in [0.1, 0.15) is 0 Å². The highest BCUT2D eigenvalue weighted by Gasteiger charge is 2.67. The Kier molecular flexibility index (Phi) is 5.92. The van der Waals surface area contributed by atoms with Gasteiger partial charge < -0.3 is 19.9 Å². The van der Waals surface area contributed by atoms with Crippen LogP contribution < -0.4 is 5.32 Å². The van der Waals surface area contributed by atoms with Crippen molar-refractivity contribution in [2.45, 2.75) is 96.3 Å². The molecule has 2 N–H and O–H groups in total. The lowest BCUT2D eigenvalue weighted by Gasteiger charge is -2.61. The molecule has 5 fully saturated rings. The van der Waals surface area contributed by atoms with Crippen molar-refractivity contribution in [1.82, 2.24) is 5.32 Å². The van der Waals surface area contributed by atoms with Crippen LogP contribution in [0.4, 0.5) is 0 Å². The van der Waals surface area contributed by atoms with Crippen LogP contribution in [0.2, 0.25) is 0 Å². The fourth-order valence-corrected chi connectivity index (χ4v) is 9.44. The Hall–Kier alpha value is -0.650. The van der Waals surface area contributed by atoms with Gasteiger partial charge in [-0.25, -0.2) is 0 Å². The minimum Gasteiger partial charge on any atom is -0.469 e. The molecule has 0 aromatic carbocycles. The summed E-state index contributed by atoms with van der Waals surface area (Å²) in [6.45, 7) is 6.11. The standard InChI is InChI=1S/C26H43NO4/c1-25-11-10-17(27-12-13-28)14-16(25)4-5-18-19-6-7-20-22(8-9-24(29)30-3)31-23(15-21(18)25)26(19,20)2/h16-23,27-28H,4-15H2,1-3H3/t16-,17-,18?,19?,20-,21?,22-,23+,25+,26+/m1/s1. The summed E-state index contributed by atoms with van der Waals surface area (Å²) in [4.78, 5) is 11.8. The molecule has 4 aliphatic carbocycles. The third-order valence-electron chi connectivity index (χ3n) is 11.0. The van der Waals surface area contributed by atoms with Gasteiger partial charge in [-0.1, -0.05) is 13.8 Å². The molecule has 1 heterocycles. The van der Waals surface area contributed by atoms with Gasteiger partial charge in [-0.2, -0.15) is 0 Å². The number of nitrogens with one attached hydrogen (secondary N) is 1. The summed E-state index contributed by atoms with van der Waals surface area (Å²) in [6, 6.07) is 0.580. The lowest BCUT2D eigenvalue weighted by Crippen LogP contribution is -2.57. The van der Waals surface area contributed by atoms with Crippen LogP contribution in [0.3, 0.4) is 0 Å². The van der Waals surface area contributed by atoms with Crippen LogP contribution in [0, 0.1) is 40.4 Å². The Labute approximate surface area is 188 Å². The quantitative estimate of drug-likeness (QED) is 0.622. The SMILES string of the molecule is COC(=O)CC[C@H]1O[C@H]2CC3C(CC[C@@H]4C[C@H](NCCO)CC[C@]34C)C3CC[C@H]1[C@]32C. The van der Waals surface area contributed by atoms with Crippen LogP contribution in [0.5, 0.6) is 0 Å². The lowest BCUT2D eigenvalue weighted by atomic mass is 9.44. The summed E-state index contributed by atoms with van der Waals surface area (Å²) < 4.78 is 11.7. The van der Waals surface area contributed by atoms with Gasteiger partial charge >= 0.3 is 5.97 Å². The number of methoxy groups -OCH3 is 1. The summed E-state index contributed by atoms with van der Waals surface area (Å²) in [5, 5.41) is 12.8. The Morgan fingerprint density at radius 2 is 1.90 bits per heavy atom. The number of rotatable bonds is 6. The maximum absolute atomic E-state index is 11.8. The van der Waals surface area contributed by atoms with Gasteiger partial charge in [-0.05, 0) is 92.8 Å². The third-order valence-corrected chi connectivity index (χ3v) is 11.0. The summed E-state index contributed by atoms with van der Waals surface area (Å²) in [6.07, 6.45) is 12.4. The van der Waals surface area contributed by atoms with Crippen molar-refractivity contribution >= 4 is 5.97 Å². The number of ether oxygens (including phenoxy) is 2. The number of carbonyl (C=O) groups excluding carboxylic acids is 1. The molecule has 31 heavy (non-hydrogen) atoms. The van der Waals surface area contributed by atoms with Gasteiger partial charge in [-0.3, -0.25) is 4.79 Å². The van der Waals surface area contributed by atoms with E-state index in [0.29, 0.717) is 35.3 Å². The Morgan fingerprint density at radius 1 is 1.10 bits per heavy atom. The molecule has 0 aromatic rings. The Morgan fingerprint density at radius 3 is 2.68 bits per heavy atom. The highest BCUT2D eigenvalue weighted by Crippen LogP contribution is 2.70. The van der Waals surface area contributed by atoms with E-state index >= 15 is 0 Å². The number of carbonyl (C=O) groups is 1. The first kappa shape index (κ1) is 22.2. The average Bonchev–Trinajstić information content (AvgIpc) is 3.26. The molecule has 10 atom stereocenters. The molecule has 5 nitrogen and oxygen atoms in total. The predicted molar refractivity (Wildman–Crippen MR) is 119 cm³/mol. The predicted octanol–water partition coefficient (Wildman–Crippen LogP) is 3.93. The second kappa shape index (κ2) is 8.29. The van der Waals surface area contributed by atoms with E-state index in [1.807, 2.05) is 0 Å². The summed E-state index contributed by atoms with van der Waals surface area (Å²) in [5.74, 6) is 3.76. The number of fused-ring (bicyclic) bond motifs is 4. The van der Waals surface area contributed by atoms with Crippen LogP contribution in [0.15, 0.2) is 0 Å². The molecule has 0 amide bonds. The first-order valence-electron chi connectivity index (χ1n) is 13.0. The van der Waals surface area contributed by atoms with E-state index < -0.39 is 0 Å². The number of aliphatic hydroxyl groups excluding tert-OH is 1. The summed E-state index contributed by atoms with van der Waals surface area (Å²) >= 11 is 0. The molecule has 0 aromatic heterocycles. The fourth-order valence-electron chi connectivity index (χ4n) is 9.44. The second-order valence-electron chi connectivity index (χ2n) is 11.9. The summed E-state index contributed by atoms with van der Waals surface area (Å²) in [7, 11) is 1.49. The molecule has 5 aliphatic rings. The smallest absolute Gasteiger partial charge is 0.305 e. The zero-order valence-corrected chi connectivity index (χ0v) is 19.8. The molecule has 3 unspecified atom stereocenters. The molecular formula is C26H43NO4. The van der Waals surface area contributed by atoms with Gasteiger partial charge in [0.05, 0.1) is 25.9 Å². The number of aliphatic hydroxyl groups is 1. The van der Waals surface area contributed by atoms with E-state index in [1.54, 1.807) is 0 Å². The minimum absolute atomic E-state index is 0.103. The van der Waals surface area contributed by atoms with Crippen molar-refractivity contribution in [2.75, 3.05) is 20.3 Å². The lowest BCUT2D eigenvalue weighted by molar-refractivity contribution is -0.150. The molecule has 1 saturated heterocycles. The van der Waals surface area contributed by atoms with Gasteiger partial charge in [0.2, 0.25) is 0 Å². The molecule has 0 spiro atoms. The third kappa shape index (κ3) is 3.40. The van der Waals surface area contributed by atoms with Crippen LogP contribution in [0.25, 0.3) is 0 Å². The largest absolute Gasteiger partial charge is 0.469 e.